The highest BCUT2D eigenvalue weighted by molar-refractivity contribution is 5.89. The van der Waals surface area contributed by atoms with Gasteiger partial charge in [-0.05, 0) is 25.5 Å². The van der Waals surface area contributed by atoms with E-state index in [1.807, 2.05) is 11.9 Å². The van der Waals surface area contributed by atoms with Crippen molar-refractivity contribution in [2.75, 3.05) is 38.6 Å². The minimum Gasteiger partial charge on any atom is -0.477 e. The van der Waals surface area contributed by atoms with Crippen LogP contribution in [0.25, 0.3) is 0 Å². The third-order valence-corrected chi connectivity index (χ3v) is 3.66. The summed E-state index contributed by atoms with van der Waals surface area (Å²) in [6, 6.07) is 3.10. The molecule has 23 heavy (non-hydrogen) atoms. The number of aromatic nitrogens is 1. The summed E-state index contributed by atoms with van der Waals surface area (Å²) in [6.45, 7) is 6.37. The minimum atomic E-state index is -0.848. The van der Waals surface area contributed by atoms with Gasteiger partial charge in [-0.15, -0.1) is 0 Å². The van der Waals surface area contributed by atoms with Crippen LogP contribution in [0.4, 0.5) is 10.5 Å². The van der Waals surface area contributed by atoms with E-state index in [1.54, 1.807) is 18.3 Å². The van der Waals surface area contributed by atoms with E-state index in [0.29, 0.717) is 37.1 Å². The van der Waals surface area contributed by atoms with E-state index >= 15 is 0 Å². The number of amides is 2. The Hall–Kier alpha value is -1.86. The van der Waals surface area contributed by atoms with Gasteiger partial charge in [-0.25, -0.2) is 9.78 Å². The van der Waals surface area contributed by atoms with Crippen LogP contribution >= 0.6 is 0 Å². The smallest absolute Gasteiger partial charge is 0.319 e. The van der Waals surface area contributed by atoms with Crippen molar-refractivity contribution in [2.24, 2.45) is 5.92 Å². The van der Waals surface area contributed by atoms with Gasteiger partial charge in [-0.3, -0.25) is 0 Å². The number of nitrogens with one attached hydrogen (secondary N) is 2. The van der Waals surface area contributed by atoms with Gasteiger partial charge in [0.25, 0.3) is 0 Å². The lowest BCUT2D eigenvalue weighted by atomic mass is 10.0. The number of ether oxygens (including phenoxy) is 1. The zero-order chi connectivity index (χ0) is 16.9. The second kappa shape index (κ2) is 7.61. The first kappa shape index (κ1) is 17.5. The van der Waals surface area contributed by atoms with Crippen LogP contribution in [0.3, 0.4) is 0 Å². The third-order valence-electron chi connectivity index (χ3n) is 3.66. The molecule has 1 aliphatic heterocycles. The molecule has 2 rings (SSSR count). The Bertz CT molecular complexity index is 521. The number of nitrogens with zero attached hydrogens (tertiary/aromatic N) is 2. The molecule has 0 radical (unpaired) electrons. The van der Waals surface area contributed by atoms with Crippen LogP contribution in [-0.2, 0) is 0 Å². The number of β-amino-alcohol motifs (C(OH)–C–C–N with tert-alkyl or cyclic N) is 1. The molecule has 1 aliphatic rings. The van der Waals surface area contributed by atoms with Gasteiger partial charge < -0.3 is 25.4 Å². The van der Waals surface area contributed by atoms with Gasteiger partial charge >= 0.3 is 6.03 Å². The number of rotatable bonds is 6. The number of hydrogen-bond acceptors (Lipinski definition) is 5. The average Bonchev–Trinajstić information content (AvgIpc) is 2.84. The molecule has 1 atom stereocenters. The Kier molecular flexibility index (Phi) is 5.79. The normalized spacial score (nSPS) is 21.4. The van der Waals surface area contributed by atoms with Crippen molar-refractivity contribution < 1.29 is 14.6 Å². The predicted octanol–water partition coefficient (Wildman–Crippen LogP) is 1.30. The zero-order valence-corrected chi connectivity index (χ0v) is 14.0. The number of pyridine rings is 1. The predicted molar refractivity (Wildman–Crippen MR) is 88.7 cm³/mol. The molecule has 1 aromatic heterocycles. The number of carbonyl (C=O) groups excluding carboxylic acids is 1. The van der Waals surface area contributed by atoms with E-state index in [4.69, 9.17) is 4.74 Å². The monoisotopic (exact) mass is 322 g/mol. The van der Waals surface area contributed by atoms with Crippen LogP contribution in [0.2, 0.25) is 0 Å². The topological polar surface area (TPSA) is 86.7 Å². The van der Waals surface area contributed by atoms with Crippen LogP contribution in [-0.4, -0.2) is 59.9 Å². The fourth-order valence-corrected chi connectivity index (χ4v) is 2.42. The Morgan fingerprint density at radius 1 is 1.52 bits per heavy atom. The molecule has 128 valence electrons. The quantitative estimate of drug-likeness (QED) is 0.735. The van der Waals surface area contributed by atoms with Crippen molar-refractivity contribution >= 4 is 11.7 Å². The van der Waals surface area contributed by atoms with Crippen LogP contribution in [0, 0.1) is 5.92 Å². The van der Waals surface area contributed by atoms with Gasteiger partial charge in [0.05, 0.1) is 24.1 Å². The van der Waals surface area contributed by atoms with Gasteiger partial charge in [0.2, 0.25) is 5.88 Å². The number of urea groups is 1. The summed E-state index contributed by atoms with van der Waals surface area (Å²) in [5, 5.41) is 15.7. The van der Waals surface area contributed by atoms with Gasteiger partial charge in [0, 0.05) is 25.7 Å². The summed E-state index contributed by atoms with van der Waals surface area (Å²) in [7, 11) is 1.95. The molecule has 0 aliphatic carbocycles. The van der Waals surface area contributed by atoms with Gasteiger partial charge in [0.15, 0.2) is 0 Å². The van der Waals surface area contributed by atoms with Crippen LogP contribution in [0.5, 0.6) is 5.88 Å². The first-order chi connectivity index (χ1) is 10.9. The Morgan fingerprint density at radius 3 is 2.87 bits per heavy atom. The SMILES string of the molecule is CC(C)COc1ccc(NC(=O)NC[C@@]2(O)CCN(C)C2)cn1. The van der Waals surface area contributed by atoms with Crippen molar-refractivity contribution in [3.05, 3.63) is 18.3 Å². The summed E-state index contributed by atoms with van der Waals surface area (Å²) < 4.78 is 5.49. The lowest BCUT2D eigenvalue weighted by Gasteiger charge is -2.22. The first-order valence-electron chi connectivity index (χ1n) is 7.91. The van der Waals surface area contributed by atoms with E-state index in [2.05, 4.69) is 29.5 Å². The zero-order valence-electron chi connectivity index (χ0n) is 14.0. The second-order valence-corrected chi connectivity index (χ2v) is 6.61. The highest BCUT2D eigenvalue weighted by Gasteiger charge is 2.34. The largest absolute Gasteiger partial charge is 0.477 e. The maximum atomic E-state index is 11.9. The maximum absolute atomic E-state index is 11.9. The molecule has 2 heterocycles. The Labute approximate surface area is 137 Å². The highest BCUT2D eigenvalue weighted by atomic mass is 16.5. The molecular weight excluding hydrogens is 296 g/mol. The minimum absolute atomic E-state index is 0.228. The molecule has 3 N–H and O–H groups in total. The van der Waals surface area contributed by atoms with E-state index < -0.39 is 5.60 Å². The molecule has 7 heteroatoms. The lowest BCUT2D eigenvalue weighted by molar-refractivity contribution is 0.0546. The molecule has 0 spiro atoms. The molecule has 0 unspecified atom stereocenters. The van der Waals surface area contributed by atoms with Gasteiger partial charge in [-0.1, -0.05) is 13.8 Å². The number of likely N-dealkylation sites (N-methyl/N-ethyl adjacent to an activating group) is 1. The molecule has 7 nitrogen and oxygen atoms in total. The molecule has 0 saturated carbocycles. The molecular formula is C16H26N4O3. The van der Waals surface area contributed by atoms with E-state index in [0.717, 1.165) is 6.54 Å². The molecule has 1 aromatic rings. The molecule has 1 fully saturated rings. The molecule has 0 bridgehead atoms. The summed E-state index contributed by atoms with van der Waals surface area (Å²) in [4.78, 5) is 18.1. The van der Waals surface area contributed by atoms with Crippen molar-refractivity contribution in [2.45, 2.75) is 25.9 Å². The Balaban J connectivity index is 1.76. The van der Waals surface area contributed by atoms with Gasteiger partial charge in [0.1, 0.15) is 0 Å². The van der Waals surface area contributed by atoms with Crippen molar-refractivity contribution in [1.29, 1.82) is 0 Å². The lowest BCUT2D eigenvalue weighted by Crippen LogP contribution is -2.45. The fourth-order valence-electron chi connectivity index (χ4n) is 2.42. The van der Waals surface area contributed by atoms with E-state index in [9.17, 15) is 9.90 Å². The van der Waals surface area contributed by atoms with E-state index in [-0.39, 0.29) is 12.6 Å². The number of hydrogen-bond donors (Lipinski definition) is 3. The molecule has 0 aromatic carbocycles. The van der Waals surface area contributed by atoms with Gasteiger partial charge in [-0.2, -0.15) is 0 Å². The van der Waals surface area contributed by atoms with Crippen LogP contribution in [0.1, 0.15) is 20.3 Å². The maximum Gasteiger partial charge on any atom is 0.319 e. The number of anilines is 1. The van der Waals surface area contributed by atoms with E-state index in [1.165, 1.54) is 0 Å². The summed E-state index contributed by atoms with van der Waals surface area (Å²) in [5.41, 5.74) is -0.270. The molecule has 2 amide bonds. The average molecular weight is 322 g/mol. The van der Waals surface area contributed by atoms with Crippen LogP contribution < -0.4 is 15.4 Å². The fraction of sp³-hybridized carbons (Fsp3) is 0.625. The summed E-state index contributed by atoms with van der Waals surface area (Å²) in [5.74, 6) is 0.966. The second-order valence-electron chi connectivity index (χ2n) is 6.61. The van der Waals surface area contributed by atoms with Crippen molar-refractivity contribution in [1.82, 2.24) is 15.2 Å². The molecule has 1 saturated heterocycles. The first-order valence-corrected chi connectivity index (χ1v) is 7.91. The third kappa shape index (κ3) is 5.69. The number of aliphatic hydroxyl groups is 1. The summed E-state index contributed by atoms with van der Waals surface area (Å²) >= 11 is 0. The Morgan fingerprint density at radius 2 is 2.30 bits per heavy atom. The highest BCUT2D eigenvalue weighted by Crippen LogP contribution is 2.18. The van der Waals surface area contributed by atoms with Crippen molar-refractivity contribution in [3.63, 3.8) is 0 Å². The summed E-state index contributed by atoms with van der Waals surface area (Å²) in [6.07, 6.45) is 2.21. The van der Waals surface area contributed by atoms with Crippen molar-refractivity contribution in [3.8, 4) is 5.88 Å². The standard InChI is InChI=1S/C16H26N4O3/c1-12(2)9-23-14-5-4-13(8-17-14)19-15(21)18-10-16(22)6-7-20(3)11-16/h4-5,8,12,22H,6-7,9-11H2,1-3H3,(H2,18,19,21)/t16-/m0/s1. The van der Waals surface area contributed by atoms with Crippen LogP contribution in [0.15, 0.2) is 18.3 Å². The number of carbonyl (C=O) groups is 1. The number of likely N-dealkylation sites (tertiary alicyclic amines) is 1.